The highest BCUT2D eigenvalue weighted by atomic mass is 32.1. The normalized spacial score (nSPS) is 11.3. The predicted molar refractivity (Wildman–Crippen MR) is 98.6 cm³/mol. The van der Waals surface area contributed by atoms with Gasteiger partial charge in [0, 0.05) is 11.8 Å². The van der Waals surface area contributed by atoms with Crippen molar-refractivity contribution in [1.82, 2.24) is 14.8 Å². The van der Waals surface area contributed by atoms with E-state index in [1.807, 2.05) is 47.3 Å². The Hall–Kier alpha value is -2.99. The van der Waals surface area contributed by atoms with E-state index < -0.39 is 0 Å². The molecule has 0 fully saturated rings. The van der Waals surface area contributed by atoms with Crippen LogP contribution < -0.4 is 5.43 Å². The lowest BCUT2D eigenvalue weighted by molar-refractivity contribution is 0.687. The van der Waals surface area contributed by atoms with Crippen molar-refractivity contribution in [2.75, 3.05) is 5.43 Å². The Labute approximate surface area is 143 Å². The van der Waals surface area contributed by atoms with E-state index in [9.17, 15) is 0 Å². The molecule has 0 aliphatic heterocycles. The van der Waals surface area contributed by atoms with Crippen LogP contribution in [0.5, 0.6) is 0 Å². The molecule has 6 heteroatoms. The van der Waals surface area contributed by atoms with Crippen molar-refractivity contribution in [3.05, 3.63) is 78.1 Å². The van der Waals surface area contributed by atoms with Gasteiger partial charge in [-0.25, -0.2) is 4.98 Å². The Balaban J connectivity index is 1.41. The first-order valence-corrected chi connectivity index (χ1v) is 8.39. The first-order chi connectivity index (χ1) is 11.9. The zero-order chi connectivity index (χ0) is 16.2. The van der Waals surface area contributed by atoms with E-state index >= 15 is 0 Å². The lowest BCUT2D eigenvalue weighted by Crippen LogP contribution is -1.99. The van der Waals surface area contributed by atoms with E-state index in [0.29, 0.717) is 0 Å². The van der Waals surface area contributed by atoms with Crippen LogP contribution in [0, 0.1) is 0 Å². The Morgan fingerprint density at radius 2 is 1.92 bits per heavy atom. The molecule has 0 amide bonds. The monoisotopic (exact) mass is 333 g/mol. The summed E-state index contributed by atoms with van der Waals surface area (Å²) >= 11 is 1.58. The number of nitrogens with zero attached hydrogens (tertiary/aromatic N) is 4. The molecule has 2 aromatic heterocycles. The van der Waals surface area contributed by atoms with Gasteiger partial charge in [0.1, 0.15) is 0 Å². The second kappa shape index (κ2) is 6.64. The van der Waals surface area contributed by atoms with Gasteiger partial charge >= 0.3 is 0 Å². The highest BCUT2D eigenvalue weighted by molar-refractivity contribution is 7.22. The van der Waals surface area contributed by atoms with Crippen LogP contribution in [-0.4, -0.2) is 21.0 Å². The minimum absolute atomic E-state index is 0.750. The fourth-order valence-electron chi connectivity index (χ4n) is 2.39. The number of hydrazone groups is 1. The molecule has 0 atom stereocenters. The maximum absolute atomic E-state index is 4.48. The van der Waals surface area contributed by atoms with Crippen LogP contribution in [0.4, 0.5) is 5.13 Å². The third kappa shape index (κ3) is 3.33. The predicted octanol–water partition coefficient (Wildman–Crippen LogP) is 3.99. The van der Waals surface area contributed by atoms with Crippen molar-refractivity contribution in [3.63, 3.8) is 0 Å². The standard InChI is InChI=1S/C18H15N5S/c1-2-6-14(7-3-1)12-23-13-15(11-20-23)10-19-22-18-21-16-8-4-5-9-17(16)24-18/h1-11,13H,12H2,(H,21,22)/b19-10-. The van der Waals surface area contributed by atoms with Gasteiger partial charge in [-0.1, -0.05) is 53.8 Å². The summed E-state index contributed by atoms with van der Waals surface area (Å²) in [6.45, 7) is 0.750. The molecule has 0 saturated carbocycles. The lowest BCUT2D eigenvalue weighted by atomic mass is 10.2. The smallest absolute Gasteiger partial charge is 0.204 e. The molecule has 2 aromatic carbocycles. The number of rotatable bonds is 5. The van der Waals surface area contributed by atoms with Crippen LogP contribution in [0.1, 0.15) is 11.1 Å². The summed E-state index contributed by atoms with van der Waals surface area (Å²) in [6, 6.07) is 18.3. The van der Waals surface area contributed by atoms with Crippen molar-refractivity contribution in [3.8, 4) is 0 Å². The van der Waals surface area contributed by atoms with Crippen LogP contribution in [0.15, 0.2) is 72.1 Å². The fourth-order valence-corrected chi connectivity index (χ4v) is 3.20. The number of hydrogen-bond acceptors (Lipinski definition) is 5. The van der Waals surface area contributed by atoms with E-state index in [-0.39, 0.29) is 0 Å². The van der Waals surface area contributed by atoms with Crippen LogP contribution in [-0.2, 0) is 6.54 Å². The molecular formula is C18H15N5S. The van der Waals surface area contributed by atoms with Crippen LogP contribution in [0.2, 0.25) is 0 Å². The van der Waals surface area contributed by atoms with Crippen molar-refractivity contribution in [1.29, 1.82) is 0 Å². The van der Waals surface area contributed by atoms with Gasteiger partial charge in [0.25, 0.3) is 0 Å². The third-order valence-electron chi connectivity index (χ3n) is 3.51. The number of aromatic nitrogens is 3. The summed E-state index contributed by atoms with van der Waals surface area (Å²) < 4.78 is 3.04. The summed E-state index contributed by atoms with van der Waals surface area (Å²) in [6.07, 6.45) is 5.52. The molecule has 118 valence electrons. The molecule has 0 saturated heterocycles. The van der Waals surface area contributed by atoms with Gasteiger partial charge in [0.15, 0.2) is 0 Å². The molecule has 0 unspecified atom stereocenters. The van der Waals surface area contributed by atoms with Crippen LogP contribution in [0.3, 0.4) is 0 Å². The van der Waals surface area contributed by atoms with Gasteiger partial charge in [0.05, 0.1) is 29.2 Å². The molecule has 0 radical (unpaired) electrons. The number of nitrogens with one attached hydrogen (secondary N) is 1. The molecule has 0 aliphatic rings. The highest BCUT2D eigenvalue weighted by Crippen LogP contribution is 2.25. The zero-order valence-corrected chi connectivity index (χ0v) is 13.6. The summed E-state index contributed by atoms with van der Waals surface area (Å²) in [5.41, 5.74) is 6.13. The topological polar surface area (TPSA) is 55.1 Å². The summed E-state index contributed by atoms with van der Waals surface area (Å²) in [5, 5.41) is 9.39. The quantitative estimate of drug-likeness (QED) is 0.444. The Kier molecular flexibility index (Phi) is 4.04. The molecule has 4 aromatic rings. The van der Waals surface area contributed by atoms with E-state index in [1.165, 1.54) is 5.56 Å². The molecule has 24 heavy (non-hydrogen) atoms. The SMILES string of the molecule is C(=N/Nc1nc2ccccc2s1)/c1cnn(Cc2ccccc2)c1. The summed E-state index contributed by atoms with van der Waals surface area (Å²) in [5.74, 6) is 0. The van der Waals surface area contributed by atoms with Crippen molar-refractivity contribution >= 4 is 32.9 Å². The Bertz CT molecular complexity index is 938. The van der Waals surface area contributed by atoms with E-state index in [1.54, 1.807) is 23.7 Å². The van der Waals surface area contributed by atoms with Crippen molar-refractivity contribution in [2.45, 2.75) is 6.54 Å². The molecule has 0 spiro atoms. The molecule has 5 nitrogen and oxygen atoms in total. The minimum Gasteiger partial charge on any atom is -0.268 e. The first-order valence-electron chi connectivity index (χ1n) is 7.58. The number of anilines is 1. The van der Waals surface area contributed by atoms with Gasteiger partial charge in [-0.3, -0.25) is 10.1 Å². The largest absolute Gasteiger partial charge is 0.268 e. The fraction of sp³-hybridized carbons (Fsp3) is 0.0556. The Morgan fingerprint density at radius 1 is 1.08 bits per heavy atom. The second-order valence-electron chi connectivity index (χ2n) is 5.31. The lowest BCUT2D eigenvalue weighted by Gasteiger charge is -2.00. The Morgan fingerprint density at radius 3 is 2.79 bits per heavy atom. The number of para-hydroxylation sites is 1. The van der Waals surface area contributed by atoms with Crippen LogP contribution in [0.25, 0.3) is 10.2 Å². The van der Waals surface area contributed by atoms with E-state index in [0.717, 1.165) is 27.5 Å². The molecule has 0 aliphatic carbocycles. The zero-order valence-electron chi connectivity index (χ0n) is 12.8. The van der Waals surface area contributed by atoms with Crippen molar-refractivity contribution in [2.24, 2.45) is 5.10 Å². The summed E-state index contributed by atoms with van der Waals surface area (Å²) in [4.78, 5) is 4.48. The minimum atomic E-state index is 0.750. The van der Waals surface area contributed by atoms with Crippen molar-refractivity contribution < 1.29 is 0 Å². The number of benzene rings is 2. The maximum atomic E-state index is 4.48. The molecule has 4 rings (SSSR count). The van der Waals surface area contributed by atoms with Gasteiger partial charge in [-0.2, -0.15) is 10.2 Å². The average molecular weight is 333 g/mol. The number of fused-ring (bicyclic) bond motifs is 1. The van der Waals surface area contributed by atoms with E-state index in [2.05, 4.69) is 38.8 Å². The average Bonchev–Trinajstić information content (AvgIpc) is 3.22. The first kappa shape index (κ1) is 14.6. The molecule has 2 heterocycles. The second-order valence-corrected chi connectivity index (χ2v) is 6.34. The highest BCUT2D eigenvalue weighted by Gasteiger charge is 2.01. The maximum Gasteiger partial charge on any atom is 0.204 e. The molecule has 1 N–H and O–H groups in total. The number of hydrogen-bond donors (Lipinski definition) is 1. The van der Waals surface area contributed by atoms with Gasteiger partial charge in [0.2, 0.25) is 5.13 Å². The number of thiazole rings is 1. The van der Waals surface area contributed by atoms with Gasteiger partial charge in [-0.15, -0.1) is 0 Å². The van der Waals surface area contributed by atoms with Gasteiger partial charge in [-0.05, 0) is 17.7 Å². The van der Waals surface area contributed by atoms with E-state index in [4.69, 9.17) is 0 Å². The molecule has 0 bridgehead atoms. The van der Waals surface area contributed by atoms with Gasteiger partial charge < -0.3 is 0 Å². The third-order valence-corrected chi connectivity index (χ3v) is 4.45. The summed E-state index contributed by atoms with van der Waals surface area (Å²) in [7, 11) is 0. The molecular weight excluding hydrogens is 318 g/mol. The van der Waals surface area contributed by atoms with Crippen LogP contribution >= 0.6 is 11.3 Å².